The molecule has 1 unspecified atom stereocenters. The van der Waals surface area contributed by atoms with Gasteiger partial charge in [0.15, 0.2) is 0 Å². The molecule has 1 heterocycles. The second kappa shape index (κ2) is 8.89. The lowest BCUT2D eigenvalue weighted by atomic mass is 10.0. The molecule has 0 aliphatic carbocycles. The molecule has 1 atom stereocenters. The monoisotopic (exact) mass is 300 g/mol. The second-order valence-corrected chi connectivity index (χ2v) is 5.26. The summed E-state index contributed by atoms with van der Waals surface area (Å²) in [5, 5.41) is 9.80. The van der Waals surface area contributed by atoms with Gasteiger partial charge in [-0.2, -0.15) is 5.26 Å². The predicted octanol–water partition coefficient (Wildman–Crippen LogP) is 4.33. The minimum atomic E-state index is -0.0654. The van der Waals surface area contributed by atoms with E-state index < -0.39 is 0 Å². The van der Waals surface area contributed by atoms with Gasteiger partial charge in [-0.25, -0.2) is 0 Å². The summed E-state index contributed by atoms with van der Waals surface area (Å²) in [6.45, 7) is 6.11. The Hall–Kier alpha value is -2.28. The Kier molecular flexibility index (Phi) is 7.18. The van der Waals surface area contributed by atoms with Crippen molar-refractivity contribution in [2.45, 2.75) is 40.0 Å². The summed E-state index contributed by atoms with van der Waals surface area (Å²) in [7, 11) is 1.45. The summed E-state index contributed by atoms with van der Waals surface area (Å²) in [6, 6.07) is 7.78. The van der Waals surface area contributed by atoms with E-state index in [1.54, 1.807) is 0 Å². The van der Waals surface area contributed by atoms with Crippen molar-refractivity contribution in [3.63, 3.8) is 0 Å². The maximum absolute atomic E-state index is 10.9. The highest BCUT2D eigenvalue weighted by Gasteiger charge is 2.14. The van der Waals surface area contributed by atoms with Crippen LogP contribution in [0.1, 0.15) is 44.2 Å². The summed E-state index contributed by atoms with van der Waals surface area (Å²) < 4.78 is 4.62. The zero-order valence-corrected chi connectivity index (χ0v) is 13.8. The number of carbonyl (C=O) groups excluding carboxylic acids is 1. The van der Waals surface area contributed by atoms with E-state index in [-0.39, 0.29) is 11.9 Å². The number of fused-ring (bicyclic) bond motifs is 1. The van der Waals surface area contributed by atoms with Gasteiger partial charge in [0.05, 0.1) is 24.7 Å². The van der Waals surface area contributed by atoms with Crippen molar-refractivity contribution in [2.24, 2.45) is 5.92 Å². The van der Waals surface area contributed by atoms with Gasteiger partial charge in [-0.15, -0.1) is 0 Å². The lowest BCUT2D eigenvalue weighted by Gasteiger charge is -2.09. The SMILES string of the molecule is CCCC(CC)C(=O)OC.Cc1c[nH]c2ccc(C#N)cc12. The quantitative estimate of drug-likeness (QED) is 0.854. The Bertz CT molecular complexity index is 653. The molecule has 0 spiro atoms. The third-order valence-electron chi connectivity index (χ3n) is 3.68. The average Bonchev–Trinajstić information content (AvgIpc) is 2.93. The number of nitrogens with zero attached hydrogens (tertiary/aromatic N) is 1. The summed E-state index contributed by atoms with van der Waals surface area (Å²) in [6.07, 6.45) is 4.84. The van der Waals surface area contributed by atoms with Crippen LogP contribution in [0, 0.1) is 24.2 Å². The highest BCUT2D eigenvalue weighted by molar-refractivity contribution is 5.84. The van der Waals surface area contributed by atoms with Crippen LogP contribution in [-0.2, 0) is 9.53 Å². The predicted molar refractivity (Wildman–Crippen MR) is 88.5 cm³/mol. The molecule has 1 N–H and O–H groups in total. The molecule has 0 radical (unpaired) electrons. The largest absolute Gasteiger partial charge is 0.469 e. The van der Waals surface area contributed by atoms with Crippen molar-refractivity contribution in [3.8, 4) is 6.07 Å². The van der Waals surface area contributed by atoms with E-state index in [1.165, 1.54) is 12.7 Å². The van der Waals surface area contributed by atoms with E-state index in [1.807, 2.05) is 38.2 Å². The molecule has 1 aromatic carbocycles. The Morgan fingerprint density at radius 3 is 2.68 bits per heavy atom. The number of esters is 1. The van der Waals surface area contributed by atoms with E-state index >= 15 is 0 Å². The van der Waals surface area contributed by atoms with Crippen LogP contribution >= 0.6 is 0 Å². The maximum atomic E-state index is 10.9. The third-order valence-corrected chi connectivity index (χ3v) is 3.68. The fourth-order valence-corrected chi connectivity index (χ4v) is 2.33. The molecular formula is C18H24N2O2. The number of hydrogen-bond acceptors (Lipinski definition) is 3. The van der Waals surface area contributed by atoms with Gasteiger partial charge in [0.1, 0.15) is 0 Å². The maximum Gasteiger partial charge on any atom is 0.308 e. The van der Waals surface area contributed by atoms with Crippen LogP contribution in [0.15, 0.2) is 24.4 Å². The smallest absolute Gasteiger partial charge is 0.308 e. The zero-order chi connectivity index (χ0) is 16.5. The molecular weight excluding hydrogens is 276 g/mol. The number of nitriles is 1. The Balaban J connectivity index is 0.000000225. The molecule has 2 rings (SSSR count). The van der Waals surface area contributed by atoms with Gasteiger partial charge in [0, 0.05) is 17.1 Å². The van der Waals surface area contributed by atoms with E-state index in [9.17, 15) is 4.79 Å². The van der Waals surface area contributed by atoms with Gasteiger partial charge in [0.25, 0.3) is 0 Å². The zero-order valence-electron chi connectivity index (χ0n) is 13.8. The molecule has 0 fully saturated rings. The molecule has 0 saturated carbocycles. The van der Waals surface area contributed by atoms with Crippen molar-refractivity contribution < 1.29 is 9.53 Å². The standard InChI is InChI=1S/C10H8N2.C8H16O2/c1-7-6-12-10-3-2-8(5-11)4-9(7)10;1-4-6-7(5-2)8(9)10-3/h2-4,6,12H,1H3;7H,4-6H2,1-3H3. The number of benzene rings is 1. The number of nitrogens with one attached hydrogen (secondary N) is 1. The number of aromatic nitrogens is 1. The van der Waals surface area contributed by atoms with Gasteiger partial charge >= 0.3 is 5.97 Å². The first-order chi connectivity index (χ1) is 10.6. The minimum Gasteiger partial charge on any atom is -0.469 e. The highest BCUT2D eigenvalue weighted by Crippen LogP contribution is 2.18. The Morgan fingerprint density at radius 1 is 1.41 bits per heavy atom. The lowest BCUT2D eigenvalue weighted by molar-refractivity contribution is -0.145. The van der Waals surface area contributed by atoms with Crippen LogP contribution in [0.25, 0.3) is 10.9 Å². The number of aryl methyl sites for hydroxylation is 1. The normalized spacial score (nSPS) is 11.2. The Labute approximate surface area is 132 Å². The van der Waals surface area contributed by atoms with E-state index in [0.29, 0.717) is 5.56 Å². The average molecular weight is 300 g/mol. The topological polar surface area (TPSA) is 65.9 Å². The van der Waals surface area contributed by atoms with Crippen LogP contribution in [0.4, 0.5) is 0 Å². The minimum absolute atomic E-state index is 0.0654. The van der Waals surface area contributed by atoms with Crippen LogP contribution in [0.2, 0.25) is 0 Å². The van der Waals surface area contributed by atoms with Gasteiger partial charge in [-0.3, -0.25) is 4.79 Å². The Morgan fingerprint density at radius 2 is 2.14 bits per heavy atom. The first-order valence-corrected chi connectivity index (χ1v) is 7.62. The van der Waals surface area contributed by atoms with Gasteiger partial charge in [-0.1, -0.05) is 20.3 Å². The van der Waals surface area contributed by atoms with Gasteiger partial charge in [0.2, 0.25) is 0 Å². The molecule has 22 heavy (non-hydrogen) atoms. The van der Waals surface area contributed by atoms with Crippen molar-refractivity contribution in [3.05, 3.63) is 35.5 Å². The van der Waals surface area contributed by atoms with Crippen LogP contribution < -0.4 is 0 Å². The number of carbonyl (C=O) groups is 1. The molecule has 4 heteroatoms. The third kappa shape index (κ3) is 4.63. The van der Waals surface area contributed by atoms with Crippen molar-refractivity contribution in [1.29, 1.82) is 5.26 Å². The number of H-pyrrole nitrogens is 1. The molecule has 0 amide bonds. The number of ether oxygens (including phenoxy) is 1. The van der Waals surface area contributed by atoms with E-state index in [4.69, 9.17) is 5.26 Å². The summed E-state index contributed by atoms with van der Waals surface area (Å²) in [4.78, 5) is 14.0. The van der Waals surface area contributed by atoms with Crippen molar-refractivity contribution >= 4 is 16.9 Å². The van der Waals surface area contributed by atoms with Crippen LogP contribution in [0.5, 0.6) is 0 Å². The molecule has 0 aliphatic heterocycles. The van der Waals surface area contributed by atoms with Crippen LogP contribution in [-0.4, -0.2) is 18.1 Å². The van der Waals surface area contributed by atoms with E-state index in [0.717, 1.165) is 30.2 Å². The molecule has 118 valence electrons. The van der Waals surface area contributed by atoms with E-state index in [2.05, 4.69) is 22.7 Å². The molecule has 0 aliphatic rings. The second-order valence-electron chi connectivity index (χ2n) is 5.26. The number of rotatable bonds is 4. The highest BCUT2D eigenvalue weighted by atomic mass is 16.5. The molecule has 0 bridgehead atoms. The van der Waals surface area contributed by atoms with Crippen molar-refractivity contribution in [2.75, 3.05) is 7.11 Å². The first-order valence-electron chi connectivity index (χ1n) is 7.62. The summed E-state index contributed by atoms with van der Waals surface area (Å²) >= 11 is 0. The molecule has 1 aromatic heterocycles. The molecule has 0 saturated heterocycles. The summed E-state index contributed by atoms with van der Waals surface area (Å²) in [5.74, 6) is 0.0550. The fourth-order valence-electron chi connectivity index (χ4n) is 2.33. The summed E-state index contributed by atoms with van der Waals surface area (Å²) in [5.41, 5.74) is 2.99. The number of methoxy groups -OCH3 is 1. The fraction of sp³-hybridized carbons (Fsp3) is 0.444. The lowest BCUT2D eigenvalue weighted by Crippen LogP contribution is -2.14. The van der Waals surface area contributed by atoms with Gasteiger partial charge < -0.3 is 9.72 Å². The first kappa shape index (κ1) is 17.8. The van der Waals surface area contributed by atoms with Gasteiger partial charge in [-0.05, 0) is 43.5 Å². The molecule has 2 aromatic rings. The number of hydrogen-bond donors (Lipinski definition) is 1. The van der Waals surface area contributed by atoms with Crippen LogP contribution in [0.3, 0.4) is 0 Å². The van der Waals surface area contributed by atoms with Crippen molar-refractivity contribution in [1.82, 2.24) is 4.98 Å². The molecule has 4 nitrogen and oxygen atoms in total. The number of aromatic amines is 1.